The van der Waals surface area contributed by atoms with Gasteiger partial charge in [0.05, 0.1) is 12.1 Å². The molecule has 2 heterocycles. The number of nitrogens with one attached hydrogen (secondary N) is 2. The average Bonchev–Trinajstić information content (AvgIpc) is 2.92. The van der Waals surface area contributed by atoms with Crippen molar-refractivity contribution in [2.45, 2.75) is 31.4 Å². The van der Waals surface area contributed by atoms with E-state index in [1.807, 2.05) is 18.2 Å². The van der Waals surface area contributed by atoms with Crippen LogP contribution in [0.15, 0.2) is 24.3 Å². The summed E-state index contributed by atoms with van der Waals surface area (Å²) in [5.41, 5.74) is 1.16. The van der Waals surface area contributed by atoms with Crippen molar-refractivity contribution in [1.82, 2.24) is 10.6 Å². The van der Waals surface area contributed by atoms with Gasteiger partial charge in [0, 0.05) is 19.7 Å². The lowest BCUT2D eigenvalue weighted by Crippen LogP contribution is -2.45. The zero-order chi connectivity index (χ0) is 14.5. The third kappa shape index (κ3) is 3.74. The molecule has 1 amide bonds. The Balaban J connectivity index is 1.70. The molecule has 3 rings (SSSR count). The summed E-state index contributed by atoms with van der Waals surface area (Å²) >= 11 is 0. The molecule has 2 atom stereocenters. The topological polar surface area (TPSA) is 59.6 Å². The number of carbonyl (C=O) groups is 1. The molecular formula is C16H22N2O3. The number of ether oxygens (including phenoxy) is 2. The van der Waals surface area contributed by atoms with Crippen LogP contribution in [0, 0.1) is 0 Å². The van der Waals surface area contributed by atoms with Crippen molar-refractivity contribution in [2.24, 2.45) is 0 Å². The molecule has 0 aliphatic carbocycles. The van der Waals surface area contributed by atoms with Gasteiger partial charge in [-0.2, -0.15) is 0 Å². The molecule has 0 unspecified atom stereocenters. The fourth-order valence-electron chi connectivity index (χ4n) is 2.87. The Hall–Kier alpha value is -1.59. The zero-order valence-electron chi connectivity index (χ0n) is 12.1. The van der Waals surface area contributed by atoms with Gasteiger partial charge in [-0.15, -0.1) is 0 Å². The van der Waals surface area contributed by atoms with Gasteiger partial charge in [-0.25, -0.2) is 0 Å². The minimum Gasteiger partial charge on any atom is -0.483 e. The van der Waals surface area contributed by atoms with Crippen molar-refractivity contribution in [3.8, 4) is 5.75 Å². The summed E-state index contributed by atoms with van der Waals surface area (Å²) < 4.78 is 11.6. The van der Waals surface area contributed by atoms with E-state index in [0.717, 1.165) is 50.3 Å². The Morgan fingerprint density at radius 1 is 1.14 bits per heavy atom. The van der Waals surface area contributed by atoms with Gasteiger partial charge < -0.3 is 20.1 Å². The van der Waals surface area contributed by atoms with Crippen LogP contribution in [-0.4, -0.2) is 44.4 Å². The molecule has 114 valence electrons. The van der Waals surface area contributed by atoms with Crippen LogP contribution in [0.2, 0.25) is 0 Å². The molecule has 2 aliphatic heterocycles. The van der Waals surface area contributed by atoms with Gasteiger partial charge in [-0.1, -0.05) is 18.2 Å². The Morgan fingerprint density at radius 3 is 3.00 bits per heavy atom. The van der Waals surface area contributed by atoms with Crippen LogP contribution in [0.3, 0.4) is 0 Å². The Labute approximate surface area is 125 Å². The number of benzene rings is 1. The van der Waals surface area contributed by atoms with Crippen molar-refractivity contribution in [1.29, 1.82) is 0 Å². The molecule has 2 N–H and O–H groups in total. The van der Waals surface area contributed by atoms with E-state index in [0.29, 0.717) is 0 Å². The zero-order valence-corrected chi connectivity index (χ0v) is 12.1. The Morgan fingerprint density at radius 2 is 2.05 bits per heavy atom. The van der Waals surface area contributed by atoms with Crippen LogP contribution >= 0.6 is 0 Å². The van der Waals surface area contributed by atoms with Gasteiger partial charge in [0.1, 0.15) is 5.75 Å². The first-order valence-corrected chi connectivity index (χ1v) is 7.65. The molecule has 0 aromatic heterocycles. The Bertz CT molecular complexity index is 492. The van der Waals surface area contributed by atoms with E-state index >= 15 is 0 Å². The molecule has 2 aliphatic rings. The highest BCUT2D eigenvalue weighted by molar-refractivity contribution is 5.78. The highest BCUT2D eigenvalue weighted by Gasteiger charge is 2.29. The monoisotopic (exact) mass is 290 g/mol. The van der Waals surface area contributed by atoms with Gasteiger partial charge in [0.15, 0.2) is 6.61 Å². The largest absolute Gasteiger partial charge is 0.483 e. The summed E-state index contributed by atoms with van der Waals surface area (Å²) in [5, 5.41) is 6.26. The molecule has 5 nitrogen and oxygen atoms in total. The highest BCUT2D eigenvalue weighted by atomic mass is 16.5. The number of amides is 1. The molecule has 1 aromatic rings. The third-order valence-electron chi connectivity index (χ3n) is 4.01. The fraction of sp³-hybridized carbons (Fsp3) is 0.562. The molecule has 0 radical (unpaired) electrons. The smallest absolute Gasteiger partial charge is 0.258 e. The molecule has 21 heavy (non-hydrogen) atoms. The average molecular weight is 290 g/mol. The highest BCUT2D eigenvalue weighted by Crippen LogP contribution is 2.20. The van der Waals surface area contributed by atoms with E-state index < -0.39 is 0 Å². The van der Waals surface area contributed by atoms with Crippen LogP contribution in [0.4, 0.5) is 0 Å². The lowest BCUT2D eigenvalue weighted by atomic mass is 10.1. The quantitative estimate of drug-likeness (QED) is 0.744. The molecule has 0 bridgehead atoms. The summed E-state index contributed by atoms with van der Waals surface area (Å²) in [5.74, 6) is 0.722. The normalized spacial score (nSPS) is 27.1. The number of aryl methyl sites for hydroxylation is 1. The summed E-state index contributed by atoms with van der Waals surface area (Å²) in [4.78, 5) is 12.0. The summed E-state index contributed by atoms with van der Waals surface area (Å²) in [6.45, 7) is 2.35. The minimum atomic E-state index is -0.0913. The van der Waals surface area contributed by atoms with Crippen molar-refractivity contribution >= 4 is 5.91 Å². The molecule has 0 spiro atoms. The van der Waals surface area contributed by atoms with E-state index in [9.17, 15) is 4.79 Å². The molecular weight excluding hydrogens is 268 g/mol. The second kappa shape index (κ2) is 6.91. The number of hydrogen-bond donors (Lipinski definition) is 2. The summed E-state index contributed by atoms with van der Waals surface area (Å²) in [6, 6.07) is 7.98. The molecule has 0 saturated carbocycles. The predicted octanol–water partition coefficient (Wildman–Crippen LogP) is 0.875. The number of hydrogen-bond acceptors (Lipinski definition) is 4. The van der Waals surface area contributed by atoms with E-state index in [-0.39, 0.29) is 24.7 Å². The first-order chi connectivity index (χ1) is 10.3. The van der Waals surface area contributed by atoms with E-state index in [4.69, 9.17) is 9.47 Å². The fourth-order valence-corrected chi connectivity index (χ4v) is 2.87. The second-order valence-corrected chi connectivity index (χ2v) is 5.60. The SMILES string of the molecule is O=C1COc2ccccc2CCCCO[C@H]2CNC[C@@H]2N1. The van der Waals surface area contributed by atoms with E-state index in [1.54, 1.807) is 0 Å². The maximum Gasteiger partial charge on any atom is 0.258 e. The number of para-hydroxylation sites is 1. The van der Waals surface area contributed by atoms with Crippen molar-refractivity contribution in [3.05, 3.63) is 29.8 Å². The first-order valence-electron chi connectivity index (χ1n) is 7.65. The van der Waals surface area contributed by atoms with Crippen LogP contribution < -0.4 is 15.4 Å². The van der Waals surface area contributed by atoms with E-state index in [2.05, 4.69) is 16.7 Å². The number of rotatable bonds is 0. The van der Waals surface area contributed by atoms with Crippen LogP contribution in [0.1, 0.15) is 18.4 Å². The lowest BCUT2D eigenvalue weighted by molar-refractivity contribution is -0.124. The Kier molecular flexibility index (Phi) is 4.72. The molecule has 1 saturated heterocycles. The molecule has 5 heteroatoms. The summed E-state index contributed by atoms with van der Waals surface area (Å²) in [6.07, 6.45) is 3.10. The maximum atomic E-state index is 12.0. The predicted molar refractivity (Wildman–Crippen MR) is 79.4 cm³/mol. The second-order valence-electron chi connectivity index (χ2n) is 5.60. The van der Waals surface area contributed by atoms with Crippen molar-refractivity contribution < 1.29 is 14.3 Å². The van der Waals surface area contributed by atoms with Crippen LogP contribution in [0.25, 0.3) is 0 Å². The molecule has 1 fully saturated rings. The van der Waals surface area contributed by atoms with Crippen molar-refractivity contribution in [3.63, 3.8) is 0 Å². The third-order valence-corrected chi connectivity index (χ3v) is 4.01. The number of carbonyl (C=O) groups excluding carboxylic acids is 1. The maximum absolute atomic E-state index is 12.0. The summed E-state index contributed by atoms with van der Waals surface area (Å²) in [7, 11) is 0. The van der Waals surface area contributed by atoms with Gasteiger partial charge >= 0.3 is 0 Å². The molecule has 1 aromatic carbocycles. The number of fused-ring (bicyclic) bond motifs is 2. The first kappa shape index (κ1) is 14.4. The van der Waals surface area contributed by atoms with Crippen molar-refractivity contribution in [2.75, 3.05) is 26.3 Å². The van der Waals surface area contributed by atoms with Gasteiger partial charge in [0.2, 0.25) is 0 Å². The minimum absolute atomic E-state index is 0.0390. The standard InChI is InChI=1S/C16H22N2O3/c19-16-11-21-14-7-2-1-5-12(14)6-3-4-8-20-15-10-17-9-13(15)18-16/h1-2,5,7,13,15,17H,3-4,6,8-11H2,(H,18,19)/t13-,15-/m0/s1. The van der Waals surface area contributed by atoms with Gasteiger partial charge in [-0.05, 0) is 30.9 Å². The lowest BCUT2D eigenvalue weighted by Gasteiger charge is -2.20. The van der Waals surface area contributed by atoms with E-state index in [1.165, 1.54) is 0 Å². The van der Waals surface area contributed by atoms with Crippen LogP contribution in [-0.2, 0) is 16.0 Å². The van der Waals surface area contributed by atoms with Crippen LogP contribution in [0.5, 0.6) is 5.75 Å². The van der Waals surface area contributed by atoms with Gasteiger partial charge in [-0.3, -0.25) is 4.79 Å². The van der Waals surface area contributed by atoms with Gasteiger partial charge in [0.25, 0.3) is 5.91 Å².